The van der Waals surface area contributed by atoms with Crippen LogP contribution in [0.2, 0.25) is 0 Å². The Balaban J connectivity index is 1.06. The van der Waals surface area contributed by atoms with Gasteiger partial charge in [0, 0.05) is 56.9 Å². The molecule has 0 N–H and O–H groups in total. The maximum atomic E-state index is 5.98. The fraction of sp³-hybridized carbons (Fsp3) is 0.308. The zero-order valence-electron chi connectivity index (χ0n) is 18.9. The van der Waals surface area contributed by atoms with Crippen LogP contribution in [-0.4, -0.2) is 65.7 Å². The summed E-state index contributed by atoms with van der Waals surface area (Å²) >= 11 is 0. The molecule has 7 nitrogen and oxygen atoms in total. The van der Waals surface area contributed by atoms with Crippen LogP contribution in [0.5, 0.6) is 11.5 Å². The first-order valence-electron chi connectivity index (χ1n) is 11.4. The van der Waals surface area contributed by atoms with Gasteiger partial charge >= 0.3 is 0 Å². The van der Waals surface area contributed by atoms with E-state index >= 15 is 0 Å². The van der Waals surface area contributed by atoms with E-state index in [0.717, 1.165) is 61.9 Å². The van der Waals surface area contributed by atoms with Crippen LogP contribution >= 0.6 is 0 Å². The van der Waals surface area contributed by atoms with E-state index in [1.807, 2.05) is 59.3 Å². The fourth-order valence-electron chi connectivity index (χ4n) is 4.27. The van der Waals surface area contributed by atoms with E-state index in [4.69, 9.17) is 9.47 Å². The number of aromatic nitrogens is 3. The summed E-state index contributed by atoms with van der Waals surface area (Å²) in [4.78, 5) is 13.8. The first-order chi connectivity index (χ1) is 16.3. The molecule has 5 rings (SSSR count). The molecule has 7 heteroatoms. The Morgan fingerprint density at radius 2 is 1.76 bits per heavy atom. The summed E-state index contributed by atoms with van der Waals surface area (Å²) in [5, 5.41) is 0. The highest BCUT2D eigenvalue weighted by Crippen LogP contribution is 2.28. The van der Waals surface area contributed by atoms with Gasteiger partial charge in [-0.25, -0.2) is 9.97 Å². The molecule has 0 bridgehead atoms. The summed E-state index contributed by atoms with van der Waals surface area (Å²) in [7, 11) is 1.74. The Bertz CT molecular complexity index is 1150. The number of methoxy groups -OCH3 is 1. The Labute approximate surface area is 194 Å². The number of benzene rings is 2. The van der Waals surface area contributed by atoms with Crippen LogP contribution in [0.1, 0.15) is 6.42 Å². The number of hydrogen-bond donors (Lipinski definition) is 0. The summed E-state index contributed by atoms with van der Waals surface area (Å²) in [6.07, 6.45) is 6.71. The van der Waals surface area contributed by atoms with Gasteiger partial charge in [0.05, 0.1) is 25.1 Å². The van der Waals surface area contributed by atoms with Crippen molar-refractivity contribution in [1.29, 1.82) is 0 Å². The number of rotatable bonds is 8. The molecule has 170 valence electrons. The van der Waals surface area contributed by atoms with Crippen molar-refractivity contribution in [2.75, 3.05) is 51.3 Å². The molecule has 1 aliphatic heterocycles. The molecule has 4 aromatic rings. The lowest BCUT2D eigenvalue weighted by Crippen LogP contribution is -2.46. The van der Waals surface area contributed by atoms with Crippen molar-refractivity contribution < 1.29 is 9.47 Å². The predicted octanol–water partition coefficient (Wildman–Crippen LogP) is 4.00. The molecule has 0 atom stereocenters. The van der Waals surface area contributed by atoms with Crippen LogP contribution in [0.25, 0.3) is 17.0 Å². The van der Waals surface area contributed by atoms with Crippen LogP contribution in [-0.2, 0) is 0 Å². The average Bonchev–Trinajstić information content (AvgIpc) is 3.32. The zero-order chi connectivity index (χ0) is 22.5. The fourth-order valence-corrected chi connectivity index (χ4v) is 4.27. The lowest BCUT2D eigenvalue weighted by Gasteiger charge is -2.36. The molecule has 1 fully saturated rings. The molecule has 0 aliphatic carbocycles. The Kier molecular flexibility index (Phi) is 6.39. The van der Waals surface area contributed by atoms with Crippen molar-refractivity contribution in [2.24, 2.45) is 0 Å². The second kappa shape index (κ2) is 9.92. The molecule has 0 amide bonds. The SMILES string of the molecule is COc1ccccc1N1CCN(CCCOc2ccc(-c3cn4cccnc4n3)cc2)CC1. The van der Waals surface area contributed by atoms with E-state index in [1.54, 1.807) is 13.3 Å². The zero-order valence-corrected chi connectivity index (χ0v) is 18.9. The van der Waals surface area contributed by atoms with Gasteiger partial charge in [0.1, 0.15) is 11.5 Å². The van der Waals surface area contributed by atoms with Crippen LogP contribution in [0.4, 0.5) is 5.69 Å². The van der Waals surface area contributed by atoms with Crippen molar-refractivity contribution in [3.05, 3.63) is 73.2 Å². The topological polar surface area (TPSA) is 55.1 Å². The smallest absolute Gasteiger partial charge is 0.234 e. The normalized spacial score (nSPS) is 14.5. The Morgan fingerprint density at radius 3 is 2.55 bits per heavy atom. The first kappa shape index (κ1) is 21.3. The Hall–Kier alpha value is -3.58. The molecule has 2 aromatic heterocycles. The molecular formula is C26H29N5O2. The lowest BCUT2D eigenvalue weighted by molar-refractivity contribution is 0.224. The van der Waals surface area contributed by atoms with Crippen molar-refractivity contribution in [2.45, 2.75) is 6.42 Å². The number of fused-ring (bicyclic) bond motifs is 1. The molecule has 33 heavy (non-hydrogen) atoms. The minimum atomic E-state index is 0.705. The number of nitrogens with zero attached hydrogens (tertiary/aromatic N) is 5. The summed E-state index contributed by atoms with van der Waals surface area (Å²) < 4.78 is 13.4. The molecule has 0 spiro atoms. The van der Waals surface area contributed by atoms with E-state index in [-0.39, 0.29) is 0 Å². The highest BCUT2D eigenvalue weighted by molar-refractivity contribution is 5.62. The standard InChI is InChI=1S/C26H29N5O2/c1-32-25-7-3-2-6-24(25)30-17-15-29(16-18-30)13-5-19-33-22-10-8-21(9-11-22)23-20-31-14-4-12-27-26(31)28-23/h2-4,6-12,14,20H,5,13,15-19H2,1H3. The second-order valence-electron chi connectivity index (χ2n) is 8.18. The van der Waals surface area contributed by atoms with Crippen molar-refractivity contribution in [3.63, 3.8) is 0 Å². The van der Waals surface area contributed by atoms with E-state index in [0.29, 0.717) is 12.4 Å². The third-order valence-electron chi connectivity index (χ3n) is 6.07. The van der Waals surface area contributed by atoms with Gasteiger partial charge in [-0.1, -0.05) is 12.1 Å². The largest absolute Gasteiger partial charge is 0.495 e. The molecule has 1 aliphatic rings. The van der Waals surface area contributed by atoms with Crippen LogP contribution in [0.3, 0.4) is 0 Å². The molecule has 0 unspecified atom stereocenters. The summed E-state index contributed by atoms with van der Waals surface area (Å²) in [6.45, 7) is 5.90. The third-order valence-corrected chi connectivity index (χ3v) is 6.07. The van der Waals surface area contributed by atoms with Crippen LogP contribution in [0.15, 0.2) is 73.2 Å². The summed E-state index contributed by atoms with van der Waals surface area (Å²) in [5.41, 5.74) is 3.15. The summed E-state index contributed by atoms with van der Waals surface area (Å²) in [6, 6.07) is 18.3. The van der Waals surface area contributed by atoms with Crippen LogP contribution in [0, 0.1) is 0 Å². The van der Waals surface area contributed by atoms with Crippen LogP contribution < -0.4 is 14.4 Å². The molecule has 0 saturated carbocycles. The van der Waals surface area contributed by atoms with E-state index < -0.39 is 0 Å². The van der Waals surface area contributed by atoms with Gasteiger partial charge in [-0.2, -0.15) is 0 Å². The van der Waals surface area contributed by atoms with Gasteiger partial charge < -0.3 is 14.4 Å². The minimum Gasteiger partial charge on any atom is -0.495 e. The van der Waals surface area contributed by atoms with E-state index in [2.05, 4.69) is 31.9 Å². The summed E-state index contributed by atoms with van der Waals surface area (Å²) in [5.74, 6) is 2.54. The number of anilines is 1. The minimum absolute atomic E-state index is 0.705. The highest BCUT2D eigenvalue weighted by Gasteiger charge is 2.19. The van der Waals surface area contributed by atoms with Gasteiger partial charge in [-0.15, -0.1) is 0 Å². The quantitative estimate of drug-likeness (QED) is 0.384. The monoisotopic (exact) mass is 443 g/mol. The first-order valence-corrected chi connectivity index (χ1v) is 11.4. The van der Waals surface area contributed by atoms with Gasteiger partial charge in [-0.3, -0.25) is 9.30 Å². The van der Waals surface area contributed by atoms with E-state index in [9.17, 15) is 0 Å². The van der Waals surface area contributed by atoms with E-state index in [1.165, 1.54) is 5.69 Å². The van der Waals surface area contributed by atoms with Crippen molar-refractivity contribution in [1.82, 2.24) is 19.3 Å². The second-order valence-corrected chi connectivity index (χ2v) is 8.18. The number of piperazine rings is 1. The van der Waals surface area contributed by atoms with Gasteiger partial charge in [-0.05, 0) is 48.9 Å². The van der Waals surface area contributed by atoms with Crippen molar-refractivity contribution >= 4 is 11.5 Å². The predicted molar refractivity (Wildman–Crippen MR) is 130 cm³/mol. The molecular weight excluding hydrogens is 414 g/mol. The highest BCUT2D eigenvalue weighted by atomic mass is 16.5. The average molecular weight is 444 g/mol. The third kappa shape index (κ3) is 4.93. The molecule has 3 heterocycles. The molecule has 0 radical (unpaired) electrons. The number of imidazole rings is 1. The van der Waals surface area contributed by atoms with Gasteiger partial charge in [0.2, 0.25) is 5.78 Å². The van der Waals surface area contributed by atoms with Crippen molar-refractivity contribution in [3.8, 4) is 22.8 Å². The lowest BCUT2D eigenvalue weighted by atomic mass is 10.2. The molecule has 1 saturated heterocycles. The van der Waals surface area contributed by atoms with Gasteiger partial charge in [0.15, 0.2) is 0 Å². The maximum absolute atomic E-state index is 5.98. The Morgan fingerprint density at radius 1 is 0.939 bits per heavy atom. The number of ether oxygens (including phenoxy) is 2. The molecule has 2 aromatic carbocycles. The number of para-hydroxylation sites is 2. The number of hydrogen-bond acceptors (Lipinski definition) is 6. The van der Waals surface area contributed by atoms with Gasteiger partial charge in [0.25, 0.3) is 0 Å². The maximum Gasteiger partial charge on any atom is 0.234 e.